The molecule has 3 nitrogen and oxygen atoms in total. The highest BCUT2D eigenvalue weighted by molar-refractivity contribution is 5.52. The van der Waals surface area contributed by atoms with Gasteiger partial charge in [0.2, 0.25) is 0 Å². The van der Waals surface area contributed by atoms with Gasteiger partial charge in [0.05, 0.1) is 0 Å². The van der Waals surface area contributed by atoms with E-state index in [-0.39, 0.29) is 0 Å². The van der Waals surface area contributed by atoms with Crippen molar-refractivity contribution >= 4 is 5.82 Å². The molecule has 1 N–H and O–H groups in total. The molecule has 0 spiro atoms. The molecule has 1 aromatic heterocycles. The number of hydrogen-bond acceptors (Lipinski definition) is 3. The van der Waals surface area contributed by atoms with Gasteiger partial charge in [-0.2, -0.15) is 0 Å². The highest BCUT2D eigenvalue weighted by atomic mass is 15.2. The standard InChI is InChI=1S/C18H31N3/c1-6-18(7-2)9-10-21(13-18)17-16(12-19-8-3)14(4)11-15(5)20-17/h11,19H,6-10,12-13H2,1-5H3. The van der Waals surface area contributed by atoms with Gasteiger partial charge in [-0.25, -0.2) is 4.98 Å². The Kier molecular flexibility index (Phi) is 5.26. The van der Waals surface area contributed by atoms with Crippen molar-refractivity contribution in [2.24, 2.45) is 5.41 Å². The van der Waals surface area contributed by atoms with Crippen molar-refractivity contribution in [1.82, 2.24) is 10.3 Å². The monoisotopic (exact) mass is 289 g/mol. The third-order valence-corrected chi connectivity index (χ3v) is 5.24. The van der Waals surface area contributed by atoms with Crippen LogP contribution in [0.2, 0.25) is 0 Å². The zero-order valence-electron chi connectivity index (χ0n) is 14.4. The third kappa shape index (κ3) is 3.39. The smallest absolute Gasteiger partial charge is 0.133 e. The predicted molar refractivity (Wildman–Crippen MR) is 90.9 cm³/mol. The van der Waals surface area contributed by atoms with E-state index in [9.17, 15) is 0 Å². The van der Waals surface area contributed by atoms with E-state index in [1.165, 1.54) is 36.2 Å². The van der Waals surface area contributed by atoms with Gasteiger partial charge in [0, 0.05) is 30.9 Å². The SMILES string of the molecule is CCNCc1c(C)cc(C)nc1N1CCC(CC)(CC)C1. The molecular weight excluding hydrogens is 258 g/mol. The second-order valence-electron chi connectivity index (χ2n) is 6.54. The number of pyridine rings is 1. The molecule has 1 aliphatic rings. The summed E-state index contributed by atoms with van der Waals surface area (Å²) in [5.74, 6) is 1.22. The van der Waals surface area contributed by atoms with Crippen LogP contribution in [0.4, 0.5) is 5.82 Å². The number of rotatable bonds is 6. The number of nitrogens with zero attached hydrogens (tertiary/aromatic N) is 2. The molecule has 1 fully saturated rings. The Morgan fingerprint density at radius 2 is 1.95 bits per heavy atom. The molecule has 0 aromatic carbocycles. The van der Waals surface area contributed by atoms with E-state index >= 15 is 0 Å². The molecular formula is C18H31N3. The van der Waals surface area contributed by atoms with Crippen LogP contribution in [0, 0.1) is 19.3 Å². The van der Waals surface area contributed by atoms with Crippen molar-refractivity contribution in [2.75, 3.05) is 24.5 Å². The first kappa shape index (κ1) is 16.3. The lowest BCUT2D eigenvalue weighted by atomic mass is 9.82. The maximum absolute atomic E-state index is 4.89. The summed E-state index contributed by atoms with van der Waals surface area (Å²) in [5, 5.41) is 3.47. The topological polar surface area (TPSA) is 28.2 Å². The van der Waals surface area contributed by atoms with E-state index in [0.717, 1.165) is 31.9 Å². The van der Waals surface area contributed by atoms with Gasteiger partial charge in [-0.1, -0.05) is 20.8 Å². The average Bonchev–Trinajstić information content (AvgIpc) is 2.91. The first-order chi connectivity index (χ1) is 10.0. The van der Waals surface area contributed by atoms with Gasteiger partial charge in [-0.15, -0.1) is 0 Å². The summed E-state index contributed by atoms with van der Waals surface area (Å²) in [6.45, 7) is 15.4. The molecule has 1 aromatic rings. The Morgan fingerprint density at radius 1 is 1.24 bits per heavy atom. The van der Waals surface area contributed by atoms with E-state index in [2.05, 4.69) is 50.9 Å². The Balaban J connectivity index is 2.30. The molecule has 2 heterocycles. The molecule has 0 atom stereocenters. The minimum absolute atomic E-state index is 0.495. The van der Waals surface area contributed by atoms with Crippen molar-refractivity contribution in [2.45, 2.75) is 60.4 Å². The summed E-state index contributed by atoms with van der Waals surface area (Å²) >= 11 is 0. The van der Waals surface area contributed by atoms with Crippen LogP contribution in [0.1, 0.15) is 56.9 Å². The highest BCUT2D eigenvalue weighted by Crippen LogP contribution is 2.39. The molecule has 118 valence electrons. The maximum atomic E-state index is 4.89. The van der Waals surface area contributed by atoms with Crippen LogP contribution in [0.15, 0.2) is 6.07 Å². The van der Waals surface area contributed by atoms with Crippen LogP contribution in [0.5, 0.6) is 0 Å². The van der Waals surface area contributed by atoms with Crippen molar-refractivity contribution in [3.63, 3.8) is 0 Å². The van der Waals surface area contributed by atoms with Crippen LogP contribution >= 0.6 is 0 Å². The largest absolute Gasteiger partial charge is 0.356 e. The molecule has 21 heavy (non-hydrogen) atoms. The zero-order valence-corrected chi connectivity index (χ0v) is 14.4. The minimum Gasteiger partial charge on any atom is -0.356 e. The third-order valence-electron chi connectivity index (χ3n) is 5.24. The zero-order chi connectivity index (χ0) is 15.5. The molecule has 0 aliphatic carbocycles. The van der Waals surface area contributed by atoms with E-state index in [4.69, 9.17) is 4.98 Å². The summed E-state index contributed by atoms with van der Waals surface area (Å²) < 4.78 is 0. The molecule has 0 bridgehead atoms. The van der Waals surface area contributed by atoms with Crippen molar-refractivity contribution in [3.05, 3.63) is 22.9 Å². The van der Waals surface area contributed by atoms with Crippen molar-refractivity contribution in [1.29, 1.82) is 0 Å². The molecule has 2 rings (SSSR count). The first-order valence-electron chi connectivity index (χ1n) is 8.48. The molecule has 1 aliphatic heterocycles. The second-order valence-corrected chi connectivity index (χ2v) is 6.54. The quantitative estimate of drug-likeness (QED) is 0.863. The molecule has 0 saturated carbocycles. The number of nitrogens with one attached hydrogen (secondary N) is 1. The molecule has 0 unspecified atom stereocenters. The van der Waals surface area contributed by atoms with E-state index in [0.29, 0.717) is 5.41 Å². The minimum atomic E-state index is 0.495. The number of aryl methyl sites for hydroxylation is 2. The Labute approximate surface area is 130 Å². The van der Waals surface area contributed by atoms with E-state index in [1.54, 1.807) is 0 Å². The fraction of sp³-hybridized carbons (Fsp3) is 0.722. The lowest BCUT2D eigenvalue weighted by molar-refractivity contribution is 0.301. The Bertz CT molecular complexity index is 478. The fourth-order valence-electron chi connectivity index (χ4n) is 3.52. The predicted octanol–water partition coefficient (Wildman–Crippen LogP) is 3.82. The summed E-state index contributed by atoms with van der Waals surface area (Å²) in [7, 11) is 0. The summed E-state index contributed by atoms with van der Waals surface area (Å²) in [6, 6.07) is 2.21. The lowest BCUT2D eigenvalue weighted by Gasteiger charge is -2.28. The van der Waals surface area contributed by atoms with Gasteiger partial charge in [-0.3, -0.25) is 0 Å². The van der Waals surface area contributed by atoms with Gasteiger partial charge >= 0.3 is 0 Å². The normalized spacial score (nSPS) is 17.5. The van der Waals surface area contributed by atoms with Crippen molar-refractivity contribution < 1.29 is 0 Å². The highest BCUT2D eigenvalue weighted by Gasteiger charge is 2.36. The van der Waals surface area contributed by atoms with Gasteiger partial charge in [0.1, 0.15) is 5.82 Å². The molecule has 3 heteroatoms. The van der Waals surface area contributed by atoms with Gasteiger partial charge in [-0.05, 0) is 56.7 Å². The first-order valence-corrected chi connectivity index (χ1v) is 8.48. The van der Waals surface area contributed by atoms with Gasteiger partial charge in [0.25, 0.3) is 0 Å². The average molecular weight is 289 g/mol. The molecule has 1 saturated heterocycles. The van der Waals surface area contributed by atoms with Gasteiger partial charge < -0.3 is 10.2 Å². The van der Waals surface area contributed by atoms with Gasteiger partial charge in [0.15, 0.2) is 0 Å². The summed E-state index contributed by atoms with van der Waals surface area (Å²) in [6.07, 6.45) is 3.84. The summed E-state index contributed by atoms with van der Waals surface area (Å²) in [4.78, 5) is 7.42. The van der Waals surface area contributed by atoms with Crippen LogP contribution < -0.4 is 10.2 Å². The Morgan fingerprint density at radius 3 is 2.52 bits per heavy atom. The second kappa shape index (κ2) is 6.78. The number of aromatic nitrogens is 1. The summed E-state index contributed by atoms with van der Waals surface area (Å²) in [5.41, 5.74) is 4.37. The van der Waals surface area contributed by atoms with E-state index < -0.39 is 0 Å². The van der Waals surface area contributed by atoms with Crippen LogP contribution in [-0.4, -0.2) is 24.6 Å². The van der Waals surface area contributed by atoms with Crippen molar-refractivity contribution in [3.8, 4) is 0 Å². The van der Waals surface area contributed by atoms with E-state index in [1.807, 2.05) is 0 Å². The fourth-order valence-corrected chi connectivity index (χ4v) is 3.52. The van der Waals surface area contributed by atoms with Crippen LogP contribution in [0.25, 0.3) is 0 Å². The number of anilines is 1. The van der Waals surface area contributed by atoms with Crippen LogP contribution in [0.3, 0.4) is 0 Å². The molecule has 0 radical (unpaired) electrons. The van der Waals surface area contributed by atoms with Crippen LogP contribution in [-0.2, 0) is 6.54 Å². The Hall–Kier alpha value is -1.09. The number of hydrogen-bond donors (Lipinski definition) is 1. The molecule has 0 amide bonds. The maximum Gasteiger partial charge on any atom is 0.133 e. The lowest BCUT2D eigenvalue weighted by Crippen LogP contribution is -2.28.